The molecule has 2 aromatic carbocycles. The van der Waals surface area contributed by atoms with Crippen molar-refractivity contribution in [2.75, 3.05) is 0 Å². The number of hydrogen-bond donors (Lipinski definition) is 0. The average molecular weight is 433 g/mol. The lowest BCUT2D eigenvalue weighted by Crippen LogP contribution is -2.22. The molecule has 1 heterocycles. The maximum Gasteiger partial charge on any atom is 0.450 e. The molecule has 0 radical (unpaired) electrons. The number of carbonyl (C=O) groups is 1. The summed E-state index contributed by atoms with van der Waals surface area (Å²) in [6, 6.07) is 7.98. The first kappa shape index (κ1) is 21.1. The van der Waals surface area contributed by atoms with E-state index in [1.165, 1.54) is 12.1 Å². The number of benzene rings is 2. The van der Waals surface area contributed by atoms with Crippen molar-refractivity contribution >= 4 is 22.8 Å². The normalized spacial score (nSPS) is 12.2. The summed E-state index contributed by atoms with van der Waals surface area (Å²) in [5, 5.41) is 11.1. The zero-order valence-corrected chi connectivity index (χ0v) is 14.5. The summed E-state index contributed by atoms with van der Waals surface area (Å²) in [4.78, 5) is 25.2. The van der Waals surface area contributed by atoms with Gasteiger partial charge in [0.05, 0.1) is 16.0 Å². The van der Waals surface area contributed by atoms with Gasteiger partial charge in [-0.25, -0.2) is 14.3 Å². The highest BCUT2D eigenvalue weighted by Crippen LogP contribution is 2.39. The number of nitro groups is 1. The van der Waals surface area contributed by atoms with Gasteiger partial charge in [0, 0.05) is 6.07 Å². The SMILES string of the molecule is O=C(OCc1ccccc1)n1c(C(F)(F)F)nc2c([N+](=O)[O-])cc(C(F)(F)F)cc21. The molecule has 0 aliphatic carbocycles. The van der Waals surface area contributed by atoms with Crippen LogP contribution in [0.25, 0.3) is 11.0 Å². The first-order valence-electron chi connectivity index (χ1n) is 7.96. The molecule has 0 unspecified atom stereocenters. The van der Waals surface area contributed by atoms with E-state index >= 15 is 0 Å². The molecule has 0 saturated carbocycles. The number of rotatable bonds is 3. The molecule has 7 nitrogen and oxygen atoms in total. The van der Waals surface area contributed by atoms with Crippen LogP contribution < -0.4 is 0 Å². The highest BCUT2D eigenvalue weighted by Gasteiger charge is 2.42. The molecule has 0 saturated heterocycles. The number of imidazole rings is 1. The first-order valence-corrected chi connectivity index (χ1v) is 7.96. The molecule has 158 valence electrons. The van der Waals surface area contributed by atoms with Gasteiger partial charge in [0.1, 0.15) is 6.61 Å². The van der Waals surface area contributed by atoms with Crippen LogP contribution in [0.3, 0.4) is 0 Å². The third-order valence-corrected chi connectivity index (χ3v) is 3.91. The van der Waals surface area contributed by atoms with Gasteiger partial charge in [0.15, 0.2) is 5.52 Å². The molecule has 0 amide bonds. The minimum atomic E-state index is -5.31. The number of non-ortho nitro benzene ring substituents is 1. The maximum atomic E-state index is 13.4. The molecule has 30 heavy (non-hydrogen) atoms. The van der Waals surface area contributed by atoms with E-state index in [4.69, 9.17) is 4.74 Å². The standard InChI is InChI=1S/C17H9F6N3O4/c18-16(19,20)10-6-11-13(12(7-10)26(28)29)24-14(17(21,22)23)25(11)15(27)30-8-9-4-2-1-3-5-9/h1-7H,8H2. The van der Waals surface area contributed by atoms with Gasteiger partial charge >= 0.3 is 18.4 Å². The number of ether oxygens (including phenoxy) is 1. The van der Waals surface area contributed by atoms with Crippen molar-refractivity contribution < 1.29 is 40.8 Å². The number of halogens is 6. The van der Waals surface area contributed by atoms with E-state index in [1.54, 1.807) is 18.2 Å². The van der Waals surface area contributed by atoms with Crippen LogP contribution in [0, 0.1) is 10.1 Å². The third kappa shape index (κ3) is 4.04. The van der Waals surface area contributed by atoms with Gasteiger partial charge < -0.3 is 4.74 Å². The van der Waals surface area contributed by atoms with Crippen molar-refractivity contribution in [3.63, 3.8) is 0 Å². The molecule has 3 rings (SSSR count). The van der Waals surface area contributed by atoms with Crippen LogP contribution in [0.1, 0.15) is 17.0 Å². The van der Waals surface area contributed by atoms with Crippen molar-refractivity contribution in [3.05, 3.63) is 69.5 Å². The van der Waals surface area contributed by atoms with Crippen molar-refractivity contribution in [2.24, 2.45) is 0 Å². The van der Waals surface area contributed by atoms with Crippen molar-refractivity contribution in [1.82, 2.24) is 9.55 Å². The molecule has 0 aliphatic rings. The molecule has 0 fully saturated rings. The highest BCUT2D eigenvalue weighted by atomic mass is 19.4. The first-order chi connectivity index (χ1) is 13.9. The smallest absolute Gasteiger partial charge is 0.444 e. The molecular formula is C17H9F6N3O4. The van der Waals surface area contributed by atoms with Crippen LogP contribution in [0.4, 0.5) is 36.8 Å². The molecule has 0 aliphatic heterocycles. The van der Waals surface area contributed by atoms with Gasteiger partial charge in [-0.15, -0.1) is 0 Å². The lowest BCUT2D eigenvalue weighted by molar-refractivity contribution is -0.383. The lowest BCUT2D eigenvalue weighted by atomic mass is 10.1. The van der Waals surface area contributed by atoms with E-state index in [9.17, 15) is 41.3 Å². The van der Waals surface area contributed by atoms with Crippen molar-refractivity contribution in [1.29, 1.82) is 0 Å². The number of nitro benzene ring substituents is 1. The van der Waals surface area contributed by atoms with Gasteiger partial charge in [0.2, 0.25) is 5.82 Å². The summed E-state index contributed by atoms with van der Waals surface area (Å²) >= 11 is 0. The lowest BCUT2D eigenvalue weighted by Gasteiger charge is -2.12. The van der Waals surface area contributed by atoms with Gasteiger partial charge in [-0.1, -0.05) is 30.3 Å². The number of fused-ring (bicyclic) bond motifs is 1. The van der Waals surface area contributed by atoms with Crippen LogP contribution in [0.5, 0.6) is 0 Å². The zero-order chi connectivity index (χ0) is 22.3. The Bertz CT molecular complexity index is 1120. The topological polar surface area (TPSA) is 87.3 Å². The van der Waals surface area contributed by atoms with Gasteiger partial charge in [0.25, 0.3) is 5.69 Å². The second kappa shape index (κ2) is 7.31. The Morgan fingerprint density at radius 1 is 1.07 bits per heavy atom. The molecule has 0 atom stereocenters. The largest absolute Gasteiger partial charge is 0.450 e. The maximum absolute atomic E-state index is 13.4. The highest BCUT2D eigenvalue weighted by molar-refractivity contribution is 5.93. The van der Waals surface area contributed by atoms with Crippen LogP contribution in [-0.2, 0) is 23.7 Å². The van der Waals surface area contributed by atoms with Crippen LogP contribution >= 0.6 is 0 Å². The second-order valence-corrected chi connectivity index (χ2v) is 5.93. The molecule has 1 aromatic heterocycles. The zero-order valence-electron chi connectivity index (χ0n) is 14.5. The Kier molecular flexibility index (Phi) is 5.14. The third-order valence-electron chi connectivity index (χ3n) is 3.91. The van der Waals surface area contributed by atoms with Crippen LogP contribution in [-0.4, -0.2) is 20.6 Å². The van der Waals surface area contributed by atoms with E-state index < -0.39 is 58.1 Å². The summed E-state index contributed by atoms with van der Waals surface area (Å²) in [7, 11) is 0. The molecule has 3 aromatic rings. The average Bonchev–Trinajstić information content (AvgIpc) is 3.05. The van der Waals surface area contributed by atoms with Gasteiger partial charge in [-0.05, 0) is 11.6 Å². The molecule has 13 heteroatoms. The number of nitrogens with zero attached hydrogens (tertiary/aromatic N) is 3. The minimum Gasteiger partial charge on any atom is -0.444 e. The molecular weight excluding hydrogens is 424 g/mol. The molecule has 0 spiro atoms. The van der Waals surface area contributed by atoms with E-state index in [0.29, 0.717) is 5.56 Å². The summed E-state index contributed by atoms with van der Waals surface area (Å²) in [6.45, 7) is -0.488. The van der Waals surface area contributed by atoms with Crippen LogP contribution in [0.15, 0.2) is 42.5 Å². The van der Waals surface area contributed by atoms with E-state index in [0.717, 1.165) is 0 Å². The fourth-order valence-corrected chi connectivity index (χ4v) is 2.62. The number of hydrogen-bond acceptors (Lipinski definition) is 5. The monoisotopic (exact) mass is 433 g/mol. The number of carbonyl (C=O) groups excluding carboxylic acids is 1. The minimum absolute atomic E-state index is 0.0507. The van der Waals surface area contributed by atoms with Crippen molar-refractivity contribution in [2.45, 2.75) is 19.0 Å². The fraction of sp³-hybridized carbons (Fsp3) is 0.176. The summed E-state index contributed by atoms with van der Waals surface area (Å²) in [6.07, 6.45) is -12.1. The second-order valence-electron chi connectivity index (χ2n) is 5.93. The van der Waals surface area contributed by atoms with E-state index in [-0.39, 0.29) is 16.7 Å². The Labute approximate surface area is 162 Å². The number of alkyl halides is 6. The van der Waals surface area contributed by atoms with Crippen molar-refractivity contribution in [3.8, 4) is 0 Å². The Morgan fingerprint density at radius 3 is 2.23 bits per heavy atom. The Hall–Kier alpha value is -3.64. The number of aromatic nitrogens is 2. The van der Waals surface area contributed by atoms with E-state index in [1.807, 2.05) is 0 Å². The predicted octanol–water partition coefficient (Wildman–Crippen LogP) is 5.17. The Balaban J connectivity index is 2.20. The quantitative estimate of drug-likeness (QED) is 0.323. The fourth-order valence-electron chi connectivity index (χ4n) is 2.62. The van der Waals surface area contributed by atoms with Gasteiger partial charge in [-0.3, -0.25) is 10.1 Å². The molecule has 0 N–H and O–H groups in total. The van der Waals surface area contributed by atoms with E-state index in [2.05, 4.69) is 4.98 Å². The summed E-state index contributed by atoms with van der Waals surface area (Å²) < 4.78 is 84.0. The van der Waals surface area contributed by atoms with Crippen LogP contribution in [0.2, 0.25) is 0 Å². The predicted molar refractivity (Wildman–Crippen MR) is 88.4 cm³/mol. The summed E-state index contributed by atoms with van der Waals surface area (Å²) in [5.41, 5.74) is -4.64. The Morgan fingerprint density at radius 2 is 1.70 bits per heavy atom. The molecule has 0 bridgehead atoms. The summed E-state index contributed by atoms with van der Waals surface area (Å²) in [5.74, 6) is -1.95. The van der Waals surface area contributed by atoms with Gasteiger partial charge in [-0.2, -0.15) is 26.3 Å².